The van der Waals surface area contributed by atoms with Crippen LogP contribution < -0.4 is 0 Å². The summed E-state index contributed by atoms with van der Waals surface area (Å²) in [5, 5.41) is 8.84. The quantitative estimate of drug-likeness (QED) is 0.759. The second-order valence-corrected chi connectivity index (χ2v) is 6.91. The lowest BCUT2D eigenvalue weighted by atomic mass is 10.2. The number of hydrogen-bond donors (Lipinski definition) is 1. The molecule has 1 fully saturated rings. The third-order valence-electron chi connectivity index (χ3n) is 2.77. The summed E-state index contributed by atoms with van der Waals surface area (Å²) in [7, 11) is -3.62. The molecule has 0 spiro atoms. The Morgan fingerprint density at radius 1 is 1.53 bits per heavy atom. The minimum atomic E-state index is -3.62. The number of aliphatic carboxylic acids is 1. The van der Waals surface area contributed by atoms with Gasteiger partial charge < -0.3 is 9.84 Å². The molecular weight excluding hydrogens is 220 g/mol. The number of hydrogen-bond acceptors (Lipinski definition) is 4. The number of sulfone groups is 1. The van der Waals surface area contributed by atoms with Crippen LogP contribution in [0.1, 0.15) is 20.3 Å². The van der Waals surface area contributed by atoms with Gasteiger partial charge in [-0.25, -0.2) is 8.42 Å². The van der Waals surface area contributed by atoms with E-state index in [0.29, 0.717) is 19.6 Å². The van der Waals surface area contributed by atoms with Crippen molar-refractivity contribution >= 4 is 15.8 Å². The van der Waals surface area contributed by atoms with Gasteiger partial charge in [-0.3, -0.25) is 4.79 Å². The van der Waals surface area contributed by atoms with E-state index >= 15 is 0 Å². The van der Waals surface area contributed by atoms with Crippen molar-refractivity contribution in [3.05, 3.63) is 0 Å². The Labute approximate surface area is 89.3 Å². The molecule has 15 heavy (non-hydrogen) atoms. The lowest BCUT2D eigenvalue weighted by Crippen LogP contribution is -2.43. The highest BCUT2D eigenvalue weighted by Gasteiger charge is 2.43. The first-order chi connectivity index (χ1) is 6.77. The van der Waals surface area contributed by atoms with Gasteiger partial charge in [0.1, 0.15) is 0 Å². The van der Waals surface area contributed by atoms with Crippen molar-refractivity contribution in [2.75, 3.05) is 19.0 Å². The Kier molecular flexibility index (Phi) is 3.40. The van der Waals surface area contributed by atoms with Crippen molar-refractivity contribution in [2.45, 2.75) is 25.0 Å². The Bertz CT molecular complexity index is 338. The summed E-state index contributed by atoms with van der Waals surface area (Å²) in [6.45, 7) is 3.42. The maximum absolute atomic E-state index is 11.8. The summed E-state index contributed by atoms with van der Waals surface area (Å²) in [6, 6.07) is 0. The predicted octanol–water partition coefficient (Wildman–Crippen LogP) is 0.301. The summed E-state index contributed by atoms with van der Waals surface area (Å²) in [5.74, 6) is -1.47. The standard InChI is InChI=1S/C9H16O5S/c1-9(2,8(10)11)15(12,13)6-7-3-4-14-5-7/h7H,3-6H2,1-2H3,(H,10,11)/t7-/m0/s1. The molecule has 0 amide bonds. The SMILES string of the molecule is CC(C)(C(=O)O)S(=O)(=O)C[C@H]1CCOC1. The molecule has 6 heteroatoms. The summed E-state index contributed by atoms with van der Waals surface area (Å²) in [6.07, 6.45) is 0.689. The van der Waals surface area contributed by atoms with Gasteiger partial charge in [0.05, 0.1) is 12.4 Å². The molecule has 88 valence electrons. The van der Waals surface area contributed by atoms with E-state index in [1.807, 2.05) is 0 Å². The number of carboxylic acids is 1. The molecule has 1 N–H and O–H groups in total. The number of carboxylic acid groups (broad SMARTS) is 1. The highest BCUT2D eigenvalue weighted by atomic mass is 32.2. The fourth-order valence-electron chi connectivity index (χ4n) is 1.37. The van der Waals surface area contributed by atoms with E-state index in [-0.39, 0.29) is 11.7 Å². The molecule has 0 unspecified atom stereocenters. The van der Waals surface area contributed by atoms with E-state index in [4.69, 9.17) is 9.84 Å². The van der Waals surface area contributed by atoms with Crippen molar-refractivity contribution in [1.29, 1.82) is 0 Å². The average Bonchev–Trinajstić information content (AvgIpc) is 2.55. The smallest absolute Gasteiger partial charge is 0.324 e. The van der Waals surface area contributed by atoms with Crippen LogP contribution in [-0.2, 0) is 19.4 Å². The van der Waals surface area contributed by atoms with Crippen LogP contribution in [0, 0.1) is 5.92 Å². The van der Waals surface area contributed by atoms with Crippen LogP contribution in [0.3, 0.4) is 0 Å². The zero-order chi connectivity index (χ0) is 11.7. The first-order valence-electron chi connectivity index (χ1n) is 4.81. The van der Waals surface area contributed by atoms with Gasteiger partial charge in [-0.05, 0) is 26.2 Å². The Balaban J connectivity index is 2.78. The van der Waals surface area contributed by atoms with E-state index in [2.05, 4.69) is 0 Å². The highest BCUT2D eigenvalue weighted by molar-refractivity contribution is 7.93. The molecule has 1 saturated heterocycles. The maximum atomic E-state index is 11.8. The Morgan fingerprint density at radius 2 is 2.13 bits per heavy atom. The predicted molar refractivity (Wildman–Crippen MR) is 54.4 cm³/mol. The van der Waals surface area contributed by atoms with Crippen LogP contribution in [0.15, 0.2) is 0 Å². The highest BCUT2D eigenvalue weighted by Crippen LogP contribution is 2.23. The summed E-state index contributed by atoms with van der Waals surface area (Å²) >= 11 is 0. The van der Waals surface area contributed by atoms with E-state index in [1.165, 1.54) is 13.8 Å². The molecule has 0 aromatic rings. The van der Waals surface area contributed by atoms with Crippen LogP contribution in [0.4, 0.5) is 0 Å². The molecule has 1 aliphatic rings. The fraction of sp³-hybridized carbons (Fsp3) is 0.889. The van der Waals surface area contributed by atoms with E-state index in [0.717, 1.165) is 0 Å². The molecule has 1 heterocycles. The van der Waals surface area contributed by atoms with Gasteiger partial charge in [0.2, 0.25) is 0 Å². The summed E-state index contributed by atoms with van der Waals surface area (Å²) < 4.78 is 27.0. The largest absolute Gasteiger partial charge is 0.480 e. The van der Waals surface area contributed by atoms with Gasteiger partial charge in [0.15, 0.2) is 14.6 Å². The normalized spacial score (nSPS) is 22.9. The van der Waals surface area contributed by atoms with Crippen molar-refractivity contribution in [1.82, 2.24) is 0 Å². The third kappa shape index (κ3) is 2.49. The molecule has 0 saturated carbocycles. The average molecular weight is 236 g/mol. The van der Waals surface area contributed by atoms with Gasteiger partial charge in [-0.15, -0.1) is 0 Å². The maximum Gasteiger partial charge on any atom is 0.324 e. The number of ether oxygens (including phenoxy) is 1. The molecule has 5 nitrogen and oxygen atoms in total. The second kappa shape index (κ2) is 4.09. The Hall–Kier alpha value is -0.620. The van der Waals surface area contributed by atoms with E-state index in [9.17, 15) is 13.2 Å². The monoisotopic (exact) mass is 236 g/mol. The Morgan fingerprint density at radius 3 is 2.53 bits per heavy atom. The molecule has 1 aliphatic heterocycles. The van der Waals surface area contributed by atoms with Gasteiger partial charge in [-0.1, -0.05) is 0 Å². The summed E-state index contributed by atoms with van der Waals surface area (Å²) in [5.41, 5.74) is 0. The minimum Gasteiger partial charge on any atom is -0.480 e. The molecule has 0 radical (unpaired) electrons. The van der Waals surface area contributed by atoms with Crippen LogP contribution in [-0.4, -0.2) is 43.2 Å². The van der Waals surface area contributed by atoms with Crippen LogP contribution in [0.5, 0.6) is 0 Å². The third-order valence-corrected chi connectivity index (χ3v) is 5.41. The fourth-order valence-corrected chi connectivity index (χ4v) is 2.93. The number of rotatable bonds is 4. The van der Waals surface area contributed by atoms with Crippen LogP contribution >= 0.6 is 0 Å². The zero-order valence-electron chi connectivity index (χ0n) is 8.89. The molecular formula is C9H16O5S. The van der Waals surface area contributed by atoms with Gasteiger partial charge >= 0.3 is 5.97 Å². The molecule has 0 aromatic heterocycles. The summed E-state index contributed by atoms with van der Waals surface area (Å²) in [4.78, 5) is 10.8. The van der Waals surface area contributed by atoms with Crippen molar-refractivity contribution in [2.24, 2.45) is 5.92 Å². The molecule has 1 rings (SSSR count). The molecule has 0 bridgehead atoms. The molecule has 1 atom stereocenters. The van der Waals surface area contributed by atoms with E-state index in [1.54, 1.807) is 0 Å². The van der Waals surface area contributed by atoms with Crippen LogP contribution in [0.2, 0.25) is 0 Å². The van der Waals surface area contributed by atoms with E-state index < -0.39 is 20.6 Å². The van der Waals surface area contributed by atoms with Gasteiger partial charge in [0, 0.05) is 6.61 Å². The zero-order valence-corrected chi connectivity index (χ0v) is 9.71. The minimum absolute atomic E-state index is 0.0615. The van der Waals surface area contributed by atoms with Crippen molar-refractivity contribution in [3.63, 3.8) is 0 Å². The topological polar surface area (TPSA) is 80.7 Å². The van der Waals surface area contributed by atoms with Crippen molar-refractivity contribution in [3.8, 4) is 0 Å². The van der Waals surface area contributed by atoms with Crippen molar-refractivity contribution < 1.29 is 23.1 Å². The van der Waals surface area contributed by atoms with Crippen LogP contribution in [0.25, 0.3) is 0 Å². The lowest BCUT2D eigenvalue weighted by molar-refractivity contribution is -0.139. The van der Waals surface area contributed by atoms with Gasteiger partial charge in [0.25, 0.3) is 0 Å². The lowest BCUT2D eigenvalue weighted by Gasteiger charge is -2.21. The first-order valence-corrected chi connectivity index (χ1v) is 6.46. The second-order valence-electron chi connectivity index (χ2n) is 4.33. The molecule has 0 aliphatic carbocycles. The number of carbonyl (C=O) groups is 1. The molecule has 0 aromatic carbocycles. The van der Waals surface area contributed by atoms with Gasteiger partial charge in [-0.2, -0.15) is 0 Å². The first kappa shape index (κ1) is 12.4.